The first-order valence-corrected chi connectivity index (χ1v) is 9.92. The monoisotopic (exact) mass is 350 g/mol. The standard InChI is InChI=1S/C18H26N2O3S/c1-12-8-13(2)11-20(10-12)24(22,23)14-6-7-16-15(9-14)18(3,4)17(21)19(16)5/h6-7,9,12-13H,8,10-11H2,1-5H3. The second-order valence-corrected chi connectivity index (χ2v) is 9.87. The lowest BCUT2D eigenvalue weighted by Crippen LogP contribution is -2.42. The van der Waals surface area contributed by atoms with E-state index in [-0.39, 0.29) is 5.91 Å². The molecule has 0 saturated carbocycles. The van der Waals surface area contributed by atoms with Crippen LogP contribution in [0.1, 0.15) is 39.7 Å². The Hall–Kier alpha value is -1.40. The third kappa shape index (κ3) is 2.56. The molecular weight excluding hydrogens is 324 g/mol. The van der Waals surface area contributed by atoms with Crippen LogP contribution in [0.3, 0.4) is 0 Å². The predicted molar refractivity (Wildman–Crippen MR) is 94.6 cm³/mol. The van der Waals surface area contributed by atoms with Gasteiger partial charge in [0, 0.05) is 25.8 Å². The summed E-state index contributed by atoms with van der Waals surface area (Å²) in [6, 6.07) is 5.07. The highest BCUT2D eigenvalue weighted by Crippen LogP contribution is 2.42. The number of hydrogen-bond donors (Lipinski definition) is 0. The zero-order chi connectivity index (χ0) is 17.9. The van der Waals surface area contributed by atoms with Crippen molar-refractivity contribution in [1.29, 1.82) is 0 Å². The van der Waals surface area contributed by atoms with E-state index in [1.165, 1.54) is 0 Å². The van der Waals surface area contributed by atoms with Gasteiger partial charge in [0.1, 0.15) is 0 Å². The fourth-order valence-electron chi connectivity index (χ4n) is 4.06. The minimum atomic E-state index is -3.53. The van der Waals surface area contributed by atoms with E-state index >= 15 is 0 Å². The number of benzene rings is 1. The lowest BCUT2D eigenvalue weighted by atomic mass is 9.86. The van der Waals surface area contributed by atoms with Gasteiger partial charge in [-0.2, -0.15) is 4.31 Å². The van der Waals surface area contributed by atoms with Crippen molar-refractivity contribution in [2.24, 2.45) is 11.8 Å². The maximum atomic E-state index is 13.1. The highest BCUT2D eigenvalue weighted by Gasteiger charge is 2.43. The number of sulfonamides is 1. The molecule has 1 aromatic rings. The molecule has 0 aromatic heterocycles. The van der Waals surface area contributed by atoms with Crippen molar-refractivity contribution in [1.82, 2.24) is 4.31 Å². The van der Waals surface area contributed by atoms with Crippen molar-refractivity contribution in [3.05, 3.63) is 23.8 Å². The van der Waals surface area contributed by atoms with Gasteiger partial charge in [0.05, 0.1) is 10.3 Å². The van der Waals surface area contributed by atoms with Crippen LogP contribution in [0, 0.1) is 11.8 Å². The molecular formula is C18H26N2O3S. The number of carbonyl (C=O) groups excluding carboxylic acids is 1. The molecule has 3 rings (SSSR count). The topological polar surface area (TPSA) is 57.7 Å². The Kier molecular flexibility index (Phi) is 4.04. The molecule has 1 saturated heterocycles. The van der Waals surface area contributed by atoms with Crippen LogP contribution < -0.4 is 4.90 Å². The van der Waals surface area contributed by atoms with Crippen molar-refractivity contribution in [3.63, 3.8) is 0 Å². The number of amides is 1. The van der Waals surface area contributed by atoms with E-state index in [1.807, 2.05) is 13.8 Å². The largest absolute Gasteiger partial charge is 0.314 e. The number of nitrogens with zero attached hydrogens (tertiary/aromatic N) is 2. The minimum Gasteiger partial charge on any atom is -0.314 e. The van der Waals surface area contributed by atoms with Gasteiger partial charge < -0.3 is 4.90 Å². The van der Waals surface area contributed by atoms with Crippen molar-refractivity contribution in [2.75, 3.05) is 25.0 Å². The molecule has 24 heavy (non-hydrogen) atoms. The normalized spacial score (nSPS) is 27.4. The van der Waals surface area contributed by atoms with Gasteiger partial charge in [-0.1, -0.05) is 13.8 Å². The van der Waals surface area contributed by atoms with Crippen LogP contribution in [-0.2, 0) is 20.2 Å². The molecule has 0 bridgehead atoms. The third-order valence-electron chi connectivity index (χ3n) is 5.32. The van der Waals surface area contributed by atoms with Gasteiger partial charge in [-0.15, -0.1) is 0 Å². The van der Waals surface area contributed by atoms with E-state index in [0.717, 1.165) is 17.7 Å². The van der Waals surface area contributed by atoms with E-state index in [9.17, 15) is 13.2 Å². The van der Waals surface area contributed by atoms with Crippen molar-refractivity contribution in [2.45, 2.75) is 44.4 Å². The molecule has 5 nitrogen and oxygen atoms in total. The molecule has 2 heterocycles. The predicted octanol–water partition coefficient (Wildman–Crippen LogP) is 2.61. The first kappa shape index (κ1) is 17.4. The summed E-state index contributed by atoms with van der Waals surface area (Å²) in [6.45, 7) is 9.01. The second kappa shape index (κ2) is 5.56. The van der Waals surface area contributed by atoms with Gasteiger partial charge in [-0.3, -0.25) is 4.79 Å². The van der Waals surface area contributed by atoms with Crippen LogP contribution in [-0.4, -0.2) is 38.8 Å². The van der Waals surface area contributed by atoms with Crippen molar-refractivity contribution >= 4 is 21.6 Å². The summed E-state index contributed by atoms with van der Waals surface area (Å²) in [4.78, 5) is 14.3. The quantitative estimate of drug-likeness (QED) is 0.824. The lowest BCUT2D eigenvalue weighted by molar-refractivity contribution is -0.121. The van der Waals surface area contributed by atoms with E-state index < -0.39 is 15.4 Å². The molecule has 2 unspecified atom stereocenters. The minimum absolute atomic E-state index is 0.00716. The fraction of sp³-hybridized carbons (Fsp3) is 0.611. The zero-order valence-electron chi connectivity index (χ0n) is 15.0. The summed E-state index contributed by atoms with van der Waals surface area (Å²) < 4.78 is 27.8. The van der Waals surface area contributed by atoms with Gasteiger partial charge in [0.2, 0.25) is 15.9 Å². The summed E-state index contributed by atoms with van der Waals surface area (Å²) >= 11 is 0. The lowest BCUT2D eigenvalue weighted by Gasteiger charge is -2.34. The van der Waals surface area contributed by atoms with E-state index in [1.54, 1.807) is 34.5 Å². The number of piperidine rings is 1. The second-order valence-electron chi connectivity index (χ2n) is 7.94. The van der Waals surface area contributed by atoms with Gasteiger partial charge in [0.15, 0.2) is 0 Å². The van der Waals surface area contributed by atoms with Crippen LogP contribution in [0.5, 0.6) is 0 Å². The molecule has 1 aromatic carbocycles. The SMILES string of the molecule is CC1CC(C)CN(S(=O)(=O)c2ccc3c(c2)C(C)(C)C(=O)N3C)C1. The summed E-state index contributed by atoms with van der Waals surface area (Å²) in [5.74, 6) is 0.719. The zero-order valence-corrected chi connectivity index (χ0v) is 15.9. The molecule has 2 aliphatic heterocycles. The molecule has 6 heteroatoms. The average molecular weight is 350 g/mol. The maximum absolute atomic E-state index is 13.1. The third-order valence-corrected chi connectivity index (χ3v) is 7.14. The van der Waals surface area contributed by atoms with Crippen LogP contribution in [0.2, 0.25) is 0 Å². The van der Waals surface area contributed by atoms with Crippen molar-refractivity contribution < 1.29 is 13.2 Å². The highest BCUT2D eigenvalue weighted by atomic mass is 32.2. The Morgan fingerprint density at radius 2 is 1.71 bits per heavy atom. The summed E-state index contributed by atoms with van der Waals surface area (Å²) in [5, 5.41) is 0. The summed E-state index contributed by atoms with van der Waals surface area (Å²) in [5.41, 5.74) is 0.886. The molecule has 2 atom stereocenters. The summed E-state index contributed by atoms with van der Waals surface area (Å²) in [6.07, 6.45) is 1.06. The Balaban J connectivity index is 2.02. The Morgan fingerprint density at radius 3 is 2.29 bits per heavy atom. The molecule has 1 amide bonds. The molecule has 132 valence electrons. The van der Waals surface area contributed by atoms with E-state index in [4.69, 9.17) is 0 Å². The smallest absolute Gasteiger partial charge is 0.243 e. The number of fused-ring (bicyclic) bond motifs is 1. The molecule has 2 aliphatic rings. The molecule has 0 N–H and O–H groups in total. The number of hydrogen-bond acceptors (Lipinski definition) is 3. The summed E-state index contributed by atoms with van der Waals surface area (Å²) in [7, 11) is -1.80. The van der Waals surface area contributed by atoms with Gasteiger partial charge in [-0.05, 0) is 55.9 Å². The number of anilines is 1. The van der Waals surface area contributed by atoms with Gasteiger partial charge in [-0.25, -0.2) is 8.42 Å². The highest BCUT2D eigenvalue weighted by molar-refractivity contribution is 7.89. The van der Waals surface area contributed by atoms with Crippen LogP contribution in [0.15, 0.2) is 23.1 Å². The molecule has 0 spiro atoms. The fourth-order valence-corrected chi connectivity index (χ4v) is 5.77. The molecule has 0 radical (unpaired) electrons. The van der Waals surface area contributed by atoms with Crippen LogP contribution in [0.25, 0.3) is 0 Å². The first-order chi connectivity index (χ1) is 11.0. The molecule has 0 aliphatic carbocycles. The number of rotatable bonds is 2. The average Bonchev–Trinajstić information content (AvgIpc) is 2.67. The first-order valence-electron chi connectivity index (χ1n) is 8.48. The Morgan fingerprint density at radius 1 is 1.12 bits per heavy atom. The Labute approximate surface area is 144 Å². The maximum Gasteiger partial charge on any atom is 0.243 e. The van der Waals surface area contributed by atoms with Crippen molar-refractivity contribution in [3.8, 4) is 0 Å². The molecule has 1 fully saturated rings. The van der Waals surface area contributed by atoms with Gasteiger partial charge >= 0.3 is 0 Å². The Bertz CT molecular complexity index is 775. The van der Waals surface area contributed by atoms with Crippen LogP contribution in [0.4, 0.5) is 5.69 Å². The number of likely N-dealkylation sites (N-methyl/N-ethyl adjacent to an activating group) is 1. The number of carbonyl (C=O) groups is 1. The van der Waals surface area contributed by atoms with E-state index in [2.05, 4.69) is 13.8 Å². The van der Waals surface area contributed by atoms with Crippen LogP contribution >= 0.6 is 0 Å². The van der Waals surface area contributed by atoms with E-state index in [0.29, 0.717) is 29.8 Å². The van der Waals surface area contributed by atoms with Gasteiger partial charge in [0.25, 0.3) is 0 Å².